The predicted molar refractivity (Wildman–Crippen MR) is 79.0 cm³/mol. The van der Waals surface area contributed by atoms with Gasteiger partial charge < -0.3 is 9.47 Å². The van der Waals surface area contributed by atoms with Crippen LogP contribution in [0, 0.1) is 5.82 Å². The third-order valence-electron chi connectivity index (χ3n) is 3.71. The molecular formula is C16H18FN3O2. The highest BCUT2D eigenvalue weighted by Crippen LogP contribution is 2.26. The largest absolute Gasteiger partial charge is 0.480 e. The average Bonchev–Trinajstić information content (AvgIpc) is 2.56. The Labute approximate surface area is 128 Å². The van der Waals surface area contributed by atoms with E-state index in [4.69, 9.17) is 9.47 Å². The Kier molecular flexibility index (Phi) is 4.60. The van der Waals surface area contributed by atoms with Crippen LogP contribution >= 0.6 is 0 Å². The fraction of sp³-hybridized carbons (Fsp3) is 0.375. The maximum atomic E-state index is 13.9. The molecule has 1 fully saturated rings. The lowest BCUT2D eigenvalue weighted by atomic mass is 10.1. The molecule has 0 spiro atoms. The third-order valence-corrected chi connectivity index (χ3v) is 3.71. The molecule has 1 aliphatic heterocycles. The molecule has 2 aromatic rings. The summed E-state index contributed by atoms with van der Waals surface area (Å²) in [4.78, 5) is 10.6. The Morgan fingerprint density at radius 1 is 1.32 bits per heavy atom. The minimum absolute atomic E-state index is 0.230. The van der Waals surface area contributed by atoms with Crippen LogP contribution in [0.2, 0.25) is 0 Å². The van der Waals surface area contributed by atoms with Crippen molar-refractivity contribution in [1.82, 2.24) is 14.9 Å². The first-order valence-corrected chi connectivity index (χ1v) is 7.20. The average molecular weight is 303 g/mol. The van der Waals surface area contributed by atoms with Crippen molar-refractivity contribution < 1.29 is 13.9 Å². The Morgan fingerprint density at radius 2 is 2.14 bits per heavy atom. The van der Waals surface area contributed by atoms with Gasteiger partial charge in [-0.15, -0.1) is 0 Å². The van der Waals surface area contributed by atoms with E-state index >= 15 is 0 Å². The van der Waals surface area contributed by atoms with E-state index in [0.29, 0.717) is 31.1 Å². The minimum atomic E-state index is -0.266. The fourth-order valence-corrected chi connectivity index (χ4v) is 2.62. The van der Waals surface area contributed by atoms with Gasteiger partial charge in [-0.1, -0.05) is 18.2 Å². The van der Waals surface area contributed by atoms with Gasteiger partial charge in [-0.25, -0.2) is 9.37 Å². The summed E-state index contributed by atoms with van der Waals surface area (Å²) in [5.41, 5.74) is 1.37. The van der Waals surface area contributed by atoms with Crippen LogP contribution in [-0.4, -0.2) is 41.7 Å². The van der Waals surface area contributed by atoms with Crippen LogP contribution in [0.25, 0.3) is 0 Å². The molecule has 1 aromatic heterocycles. The molecule has 1 aromatic carbocycles. The van der Waals surface area contributed by atoms with Crippen LogP contribution in [0.5, 0.6) is 5.88 Å². The molecule has 22 heavy (non-hydrogen) atoms. The number of hydrogen-bond acceptors (Lipinski definition) is 5. The van der Waals surface area contributed by atoms with E-state index in [2.05, 4.69) is 14.9 Å². The normalized spacial score (nSPS) is 19.1. The van der Waals surface area contributed by atoms with Crippen molar-refractivity contribution in [2.75, 3.05) is 26.8 Å². The van der Waals surface area contributed by atoms with E-state index < -0.39 is 0 Å². The second-order valence-corrected chi connectivity index (χ2v) is 5.13. The number of nitrogens with zero attached hydrogens (tertiary/aromatic N) is 3. The molecule has 0 aliphatic carbocycles. The molecule has 6 heteroatoms. The van der Waals surface area contributed by atoms with Gasteiger partial charge in [0.05, 0.1) is 19.8 Å². The molecule has 116 valence electrons. The molecule has 0 bridgehead atoms. The zero-order valence-electron chi connectivity index (χ0n) is 12.4. The van der Waals surface area contributed by atoms with Crippen molar-refractivity contribution in [3.05, 3.63) is 53.7 Å². The quantitative estimate of drug-likeness (QED) is 0.866. The summed E-state index contributed by atoms with van der Waals surface area (Å²) >= 11 is 0. The summed E-state index contributed by atoms with van der Waals surface area (Å²) in [5, 5.41) is 0. The molecule has 1 unspecified atom stereocenters. The Balaban J connectivity index is 1.72. The van der Waals surface area contributed by atoms with E-state index in [-0.39, 0.29) is 11.9 Å². The van der Waals surface area contributed by atoms with E-state index in [0.717, 1.165) is 12.2 Å². The molecule has 0 radical (unpaired) electrons. The number of morpholine rings is 1. The predicted octanol–water partition coefficient (Wildman–Crippen LogP) is 2.20. The molecule has 1 saturated heterocycles. The van der Waals surface area contributed by atoms with Crippen LogP contribution < -0.4 is 4.74 Å². The Morgan fingerprint density at radius 3 is 2.95 bits per heavy atom. The van der Waals surface area contributed by atoms with Crippen LogP contribution in [0.3, 0.4) is 0 Å². The summed E-state index contributed by atoms with van der Waals surface area (Å²) in [6, 6.07) is 6.74. The van der Waals surface area contributed by atoms with Gasteiger partial charge in [-0.05, 0) is 6.07 Å². The molecule has 1 aliphatic rings. The van der Waals surface area contributed by atoms with Crippen LogP contribution in [0.15, 0.2) is 36.7 Å². The van der Waals surface area contributed by atoms with Crippen molar-refractivity contribution in [1.29, 1.82) is 0 Å². The standard InChI is InChI=1S/C16H18FN3O2/c1-21-16-14(18-6-7-19-16)10-20-8-9-22-15(11-20)12-4-2-3-5-13(12)17/h2-7,15H,8-11H2,1H3. The van der Waals surface area contributed by atoms with E-state index in [1.165, 1.54) is 6.07 Å². The van der Waals surface area contributed by atoms with Gasteiger partial charge in [0.25, 0.3) is 0 Å². The van der Waals surface area contributed by atoms with Crippen molar-refractivity contribution in [2.24, 2.45) is 0 Å². The van der Waals surface area contributed by atoms with Gasteiger partial charge in [0.2, 0.25) is 5.88 Å². The Hall–Kier alpha value is -2.05. The lowest BCUT2D eigenvalue weighted by Crippen LogP contribution is -2.38. The van der Waals surface area contributed by atoms with Gasteiger partial charge >= 0.3 is 0 Å². The first-order valence-electron chi connectivity index (χ1n) is 7.20. The molecule has 3 rings (SSSR count). The number of halogens is 1. The van der Waals surface area contributed by atoms with Crippen molar-refractivity contribution in [3.63, 3.8) is 0 Å². The van der Waals surface area contributed by atoms with Gasteiger partial charge in [-0.2, -0.15) is 0 Å². The monoisotopic (exact) mass is 303 g/mol. The highest BCUT2D eigenvalue weighted by atomic mass is 19.1. The van der Waals surface area contributed by atoms with Crippen molar-refractivity contribution in [2.45, 2.75) is 12.6 Å². The summed E-state index contributed by atoms with van der Waals surface area (Å²) in [5.74, 6) is 0.294. The van der Waals surface area contributed by atoms with Gasteiger partial charge in [0.1, 0.15) is 11.5 Å². The summed E-state index contributed by atoms with van der Waals surface area (Å²) in [7, 11) is 1.58. The van der Waals surface area contributed by atoms with Crippen molar-refractivity contribution >= 4 is 0 Å². The number of hydrogen-bond donors (Lipinski definition) is 0. The molecular weight excluding hydrogens is 285 g/mol. The first kappa shape index (κ1) is 14.9. The van der Waals surface area contributed by atoms with Crippen molar-refractivity contribution in [3.8, 4) is 5.88 Å². The fourth-order valence-electron chi connectivity index (χ4n) is 2.62. The lowest BCUT2D eigenvalue weighted by Gasteiger charge is -2.33. The SMILES string of the molecule is COc1nccnc1CN1CCOC(c2ccccc2F)C1. The topological polar surface area (TPSA) is 47.5 Å². The maximum absolute atomic E-state index is 13.9. The molecule has 1 atom stereocenters. The number of aromatic nitrogens is 2. The summed E-state index contributed by atoms with van der Waals surface area (Å²) in [6.07, 6.45) is 2.98. The lowest BCUT2D eigenvalue weighted by molar-refractivity contribution is -0.0350. The maximum Gasteiger partial charge on any atom is 0.236 e. The van der Waals surface area contributed by atoms with Crippen LogP contribution in [0.4, 0.5) is 4.39 Å². The first-order chi connectivity index (χ1) is 10.8. The van der Waals surface area contributed by atoms with Crippen LogP contribution in [0.1, 0.15) is 17.4 Å². The molecule has 0 N–H and O–H groups in total. The number of benzene rings is 1. The Bertz CT molecular complexity index is 638. The van der Waals surface area contributed by atoms with Crippen LogP contribution in [-0.2, 0) is 11.3 Å². The molecule has 2 heterocycles. The summed E-state index contributed by atoms with van der Waals surface area (Å²) < 4.78 is 24.9. The molecule has 5 nitrogen and oxygen atoms in total. The highest BCUT2D eigenvalue weighted by Gasteiger charge is 2.25. The molecule has 0 amide bonds. The van der Waals surface area contributed by atoms with Gasteiger partial charge in [0, 0.05) is 37.6 Å². The van der Waals surface area contributed by atoms with E-state index in [9.17, 15) is 4.39 Å². The van der Waals surface area contributed by atoms with Gasteiger partial charge in [0.15, 0.2) is 0 Å². The zero-order chi connectivity index (χ0) is 15.4. The molecule has 0 saturated carbocycles. The number of methoxy groups -OCH3 is 1. The number of ether oxygens (including phenoxy) is 2. The summed E-state index contributed by atoms with van der Waals surface area (Å²) in [6.45, 7) is 2.54. The smallest absolute Gasteiger partial charge is 0.236 e. The second-order valence-electron chi connectivity index (χ2n) is 5.13. The van der Waals surface area contributed by atoms with Gasteiger partial charge in [-0.3, -0.25) is 9.88 Å². The zero-order valence-corrected chi connectivity index (χ0v) is 12.4. The third kappa shape index (κ3) is 3.23. The second kappa shape index (κ2) is 6.81. The highest BCUT2D eigenvalue weighted by molar-refractivity contribution is 5.21. The minimum Gasteiger partial charge on any atom is -0.480 e. The van der Waals surface area contributed by atoms with E-state index in [1.54, 1.807) is 31.6 Å². The van der Waals surface area contributed by atoms with E-state index in [1.807, 2.05) is 6.07 Å². The number of rotatable bonds is 4.